The lowest BCUT2D eigenvalue weighted by atomic mass is 10.1. The number of amides is 1. The zero-order chi connectivity index (χ0) is 20.2. The number of hydrogen-bond acceptors (Lipinski definition) is 6. The van der Waals surface area contributed by atoms with Crippen LogP contribution in [0.3, 0.4) is 0 Å². The van der Waals surface area contributed by atoms with Crippen molar-refractivity contribution in [3.8, 4) is 5.75 Å². The SMILES string of the molecule is Cc1ccc(OCCC(=O)Nc2ccc3nc(N4CCOCC4)sc3c2)c(C)c1. The third kappa shape index (κ3) is 4.86. The Morgan fingerprint density at radius 3 is 2.83 bits per heavy atom. The molecule has 4 rings (SSSR count). The number of rotatable bonds is 6. The van der Waals surface area contributed by atoms with Gasteiger partial charge in [0.15, 0.2) is 5.13 Å². The molecule has 1 saturated heterocycles. The van der Waals surface area contributed by atoms with Gasteiger partial charge in [0.1, 0.15) is 5.75 Å². The number of carbonyl (C=O) groups excluding carboxylic acids is 1. The van der Waals surface area contributed by atoms with E-state index in [2.05, 4.69) is 16.3 Å². The van der Waals surface area contributed by atoms with Gasteiger partial charge in [-0.2, -0.15) is 0 Å². The van der Waals surface area contributed by atoms with Crippen molar-refractivity contribution in [2.24, 2.45) is 0 Å². The molecule has 7 heteroatoms. The van der Waals surface area contributed by atoms with Crippen molar-refractivity contribution in [2.45, 2.75) is 20.3 Å². The van der Waals surface area contributed by atoms with Crippen LogP contribution in [0.4, 0.5) is 10.8 Å². The van der Waals surface area contributed by atoms with E-state index in [0.717, 1.165) is 58.7 Å². The van der Waals surface area contributed by atoms with Gasteiger partial charge in [-0.25, -0.2) is 4.98 Å². The summed E-state index contributed by atoms with van der Waals surface area (Å²) in [6, 6.07) is 11.9. The zero-order valence-corrected chi connectivity index (χ0v) is 17.6. The summed E-state index contributed by atoms with van der Waals surface area (Å²) in [7, 11) is 0. The van der Waals surface area contributed by atoms with Crippen LogP contribution >= 0.6 is 11.3 Å². The number of fused-ring (bicyclic) bond motifs is 1. The molecule has 6 nitrogen and oxygen atoms in total. The number of benzene rings is 2. The molecule has 0 atom stereocenters. The van der Waals surface area contributed by atoms with Gasteiger partial charge in [-0.1, -0.05) is 29.0 Å². The van der Waals surface area contributed by atoms with Crippen LogP contribution in [-0.4, -0.2) is 43.8 Å². The van der Waals surface area contributed by atoms with Crippen molar-refractivity contribution in [1.29, 1.82) is 0 Å². The van der Waals surface area contributed by atoms with E-state index in [1.165, 1.54) is 5.56 Å². The van der Waals surface area contributed by atoms with E-state index in [4.69, 9.17) is 14.5 Å². The minimum absolute atomic E-state index is 0.0629. The summed E-state index contributed by atoms with van der Waals surface area (Å²) >= 11 is 1.65. The lowest BCUT2D eigenvalue weighted by Gasteiger charge is -2.25. The predicted octanol–water partition coefficient (Wildman–Crippen LogP) is 4.16. The smallest absolute Gasteiger partial charge is 0.227 e. The summed E-state index contributed by atoms with van der Waals surface area (Å²) in [6.07, 6.45) is 0.299. The van der Waals surface area contributed by atoms with Crippen LogP contribution < -0.4 is 15.0 Å². The summed E-state index contributed by atoms with van der Waals surface area (Å²) in [5, 5.41) is 3.97. The number of nitrogens with one attached hydrogen (secondary N) is 1. The Morgan fingerprint density at radius 1 is 1.21 bits per heavy atom. The zero-order valence-electron chi connectivity index (χ0n) is 16.7. The molecule has 1 aliphatic heterocycles. The average molecular weight is 412 g/mol. The molecule has 1 N–H and O–H groups in total. The first-order chi connectivity index (χ1) is 14.1. The van der Waals surface area contributed by atoms with Gasteiger partial charge in [-0.3, -0.25) is 4.79 Å². The van der Waals surface area contributed by atoms with Crippen LogP contribution in [0.15, 0.2) is 36.4 Å². The molecule has 0 bridgehead atoms. The predicted molar refractivity (Wildman–Crippen MR) is 117 cm³/mol. The first kappa shape index (κ1) is 19.7. The Hall–Kier alpha value is -2.64. The van der Waals surface area contributed by atoms with E-state index < -0.39 is 0 Å². The van der Waals surface area contributed by atoms with Gasteiger partial charge in [0, 0.05) is 18.8 Å². The molecule has 2 heterocycles. The lowest BCUT2D eigenvalue weighted by Crippen LogP contribution is -2.36. The van der Waals surface area contributed by atoms with Gasteiger partial charge in [-0.05, 0) is 43.7 Å². The molecule has 0 spiro atoms. The van der Waals surface area contributed by atoms with E-state index in [1.54, 1.807) is 11.3 Å². The first-order valence-corrected chi connectivity index (χ1v) is 10.6. The van der Waals surface area contributed by atoms with Crippen molar-refractivity contribution in [3.05, 3.63) is 47.5 Å². The summed E-state index contributed by atoms with van der Waals surface area (Å²) in [4.78, 5) is 19.3. The van der Waals surface area contributed by atoms with E-state index >= 15 is 0 Å². The molecule has 3 aromatic rings. The molecule has 0 saturated carbocycles. The summed E-state index contributed by atoms with van der Waals surface area (Å²) in [6.45, 7) is 7.61. The third-order valence-corrected chi connectivity index (χ3v) is 5.94. The normalized spacial score (nSPS) is 14.2. The van der Waals surface area contributed by atoms with Gasteiger partial charge >= 0.3 is 0 Å². The molecular weight excluding hydrogens is 386 g/mol. The quantitative estimate of drug-likeness (QED) is 0.660. The summed E-state index contributed by atoms with van der Waals surface area (Å²) in [5.74, 6) is 0.761. The second kappa shape index (κ2) is 8.80. The molecule has 152 valence electrons. The number of carbonyl (C=O) groups is 1. The van der Waals surface area contributed by atoms with E-state index in [1.807, 2.05) is 44.2 Å². The highest BCUT2D eigenvalue weighted by Gasteiger charge is 2.15. The van der Waals surface area contributed by atoms with Crippen molar-refractivity contribution in [1.82, 2.24) is 4.98 Å². The fraction of sp³-hybridized carbons (Fsp3) is 0.364. The van der Waals surface area contributed by atoms with Crippen LogP contribution in [0, 0.1) is 13.8 Å². The standard InChI is InChI=1S/C22H25N3O3S/c1-15-3-6-19(16(2)13-15)28-10-7-21(26)23-17-4-5-18-20(14-17)29-22(24-18)25-8-11-27-12-9-25/h3-6,13-14H,7-12H2,1-2H3,(H,23,26). The molecule has 1 aliphatic rings. The van der Waals surface area contributed by atoms with E-state index in [0.29, 0.717) is 13.0 Å². The highest BCUT2D eigenvalue weighted by atomic mass is 32.1. The molecular formula is C22H25N3O3S. The fourth-order valence-corrected chi connectivity index (χ4v) is 4.38. The topological polar surface area (TPSA) is 63.7 Å². The van der Waals surface area contributed by atoms with E-state index in [9.17, 15) is 4.79 Å². The van der Waals surface area contributed by atoms with Gasteiger partial charge < -0.3 is 19.7 Å². The number of aryl methyl sites for hydroxylation is 2. The number of thiazole rings is 1. The summed E-state index contributed by atoms with van der Waals surface area (Å²) in [5.41, 5.74) is 4.01. The Bertz CT molecular complexity index is 1010. The number of ether oxygens (including phenoxy) is 2. The maximum Gasteiger partial charge on any atom is 0.227 e. The van der Waals surface area contributed by atoms with Crippen molar-refractivity contribution in [2.75, 3.05) is 43.1 Å². The molecule has 1 amide bonds. The Kier molecular flexibility index (Phi) is 5.97. The Morgan fingerprint density at radius 2 is 2.03 bits per heavy atom. The Balaban J connectivity index is 1.34. The number of morpholine rings is 1. The first-order valence-electron chi connectivity index (χ1n) is 9.82. The lowest BCUT2D eigenvalue weighted by molar-refractivity contribution is -0.116. The van der Waals surface area contributed by atoms with Crippen LogP contribution in [0.25, 0.3) is 10.2 Å². The molecule has 0 aliphatic carbocycles. The number of hydrogen-bond donors (Lipinski definition) is 1. The van der Waals surface area contributed by atoms with Crippen LogP contribution in [0.5, 0.6) is 5.75 Å². The minimum Gasteiger partial charge on any atom is -0.493 e. The second-order valence-corrected chi connectivity index (χ2v) is 8.20. The van der Waals surface area contributed by atoms with E-state index in [-0.39, 0.29) is 5.91 Å². The van der Waals surface area contributed by atoms with Crippen molar-refractivity contribution >= 4 is 38.3 Å². The monoisotopic (exact) mass is 411 g/mol. The third-order valence-electron chi connectivity index (χ3n) is 4.86. The van der Waals surface area contributed by atoms with Crippen LogP contribution in [0.2, 0.25) is 0 Å². The van der Waals surface area contributed by atoms with Gasteiger partial charge in [0.25, 0.3) is 0 Å². The minimum atomic E-state index is -0.0629. The maximum atomic E-state index is 12.3. The highest BCUT2D eigenvalue weighted by Crippen LogP contribution is 2.31. The molecule has 0 unspecified atom stereocenters. The number of aromatic nitrogens is 1. The van der Waals surface area contributed by atoms with Gasteiger partial charge in [0.2, 0.25) is 5.91 Å². The maximum absolute atomic E-state index is 12.3. The van der Waals surface area contributed by atoms with Crippen molar-refractivity contribution in [3.63, 3.8) is 0 Å². The Labute approximate surface area is 174 Å². The fourth-order valence-electron chi connectivity index (χ4n) is 3.32. The molecule has 2 aromatic carbocycles. The summed E-state index contributed by atoms with van der Waals surface area (Å²) < 4.78 is 12.2. The van der Waals surface area contributed by atoms with Crippen molar-refractivity contribution < 1.29 is 14.3 Å². The van der Waals surface area contributed by atoms with Gasteiger partial charge in [0.05, 0.1) is 36.5 Å². The molecule has 0 radical (unpaired) electrons. The molecule has 1 fully saturated rings. The average Bonchev–Trinajstić information content (AvgIpc) is 3.14. The molecule has 29 heavy (non-hydrogen) atoms. The largest absolute Gasteiger partial charge is 0.493 e. The van der Waals surface area contributed by atoms with Crippen LogP contribution in [-0.2, 0) is 9.53 Å². The van der Waals surface area contributed by atoms with Crippen LogP contribution in [0.1, 0.15) is 17.5 Å². The molecule has 1 aromatic heterocycles. The van der Waals surface area contributed by atoms with Gasteiger partial charge in [-0.15, -0.1) is 0 Å². The number of anilines is 2. The second-order valence-electron chi connectivity index (χ2n) is 7.19. The highest BCUT2D eigenvalue weighted by molar-refractivity contribution is 7.22. The number of nitrogens with zero attached hydrogens (tertiary/aromatic N) is 2.